The smallest absolute Gasteiger partial charge is 0.226 e. The second kappa shape index (κ2) is 9.05. The van der Waals surface area contributed by atoms with Gasteiger partial charge in [0.2, 0.25) is 5.91 Å². The fourth-order valence-electron chi connectivity index (χ4n) is 5.21. The molecule has 3 heteroatoms. The first-order valence-electron chi connectivity index (χ1n) is 11.1. The van der Waals surface area contributed by atoms with Gasteiger partial charge in [-0.25, -0.2) is 0 Å². The molecule has 1 aromatic rings. The number of rotatable bonds is 6. The van der Waals surface area contributed by atoms with Gasteiger partial charge in [-0.15, -0.1) is 0 Å². The van der Waals surface area contributed by atoms with Gasteiger partial charge in [0.1, 0.15) is 0 Å². The third kappa shape index (κ3) is 4.82. The van der Waals surface area contributed by atoms with Gasteiger partial charge in [-0.3, -0.25) is 4.79 Å². The predicted molar refractivity (Wildman–Crippen MR) is 110 cm³/mol. The molecule has 1 amide bonds. The van der Waals surface area contributed by atoms with Crippen LogP contribution in [0.25, 0.3) is 0 Å². The molecule has 1 N–H and O–H groups in total. The van der Waals surface area contributed by atoms with Gasteiger partial charge in [-0.05, 0) is 55.6 Å². The third-order valence-electron chi connectivity index (χ3n) is 6.91. The Morgan fingerprint density at radius 2 is 1.89 bits per heavy atom. The summed E-state index contributed by atoms with van der Waals surface area (Å²) >= 11 is 0. The number of nitrogens with one attached hydrogen (secondary N) is 1. The van der Waals surface area contributed by atoms with E-state index >= 15 is 0 Å². The molecule has 0 saturated carbocycles. The molecule has 2 aliphatic carbocycles. The molecule has 0 unspecified atom stereocenters. The summed E-state index contributed by atoms with van der Waals surface area (Å²) in [4.78, 5) is 17.4. The maximum Gasteiger partial charge on any atom is 0.226 e. The Balaban J connectivity index is 1.41. The van der Waals surface area contributed by atoms with Gasteiger partial charge in [0.05, 0.1) is 26.2 Å². The molecule has 0 aromatic heterocycles. The molecule has 1 saturated heterocycles. The second-order valence-corrected chi connectivity index (χ2v) is 8.85. The number of quaternary nitrogens is 1. The summed E-state index contributed by atoms with van der Waals surface area (Å²) in [6.07, 6.45) is 13.9. The number of carbonyl (C=O) groups excluding carboxylic acids is 1. The summed E-state index contributed by atoms with van der Waals surface area (Å²) in [5.41, 5.74) is 2.85. The quantitative estimate of drug-likeness (QED) is 0.768. The standard InChI is InChI=1S/C24H34N2O/c27-24(23-13-12-21-10-4-5-11-22(21)18-23)26(17-16-25-14-6-7-15-25)19-20-8-2-1-3-9-20/h1-2,4-5,10-11,20,23H,3,6-9,12-19H2/p+1/t20-,23+/m1/s1. The van der Waals surface area contributed by atoms with E-state index in [-0.39, 0.29) is 5.92 Å². The monoisotopic (exact) mass is 367 g/mol. The van der Waals surface area contributed by atoms with Crippen LogP contribution in [0.15, 0.2) is 36.4 Å². The molecular formula is C24H35N2O+. The Labute approximate surface area is 164 Å². The lowest BCUT2D eigenvalue weighted by atomic mass is 9.83. The normalized spacial score (nSPS) is 25.3. The second-order valence-electron chi connectivity index (χ2n) is 8.85. The van der Waals surface area contributed by atoms with Gasteiger partial charge in [0.15, 0.2) is 0 Å². The highest BCUT2D eigenvalue weighted by atomic mass is 16.2. The molecule has 1 aliphatic heterocycles. The minimum atomic E-state index is 0.188. The van der Waals surface area contributed by atoms with E-state index in [9.17, 15) is 4.79 Å². The van der Waals surface area contributed by atoms with Crippen LogP contribution >= 0.6 is 0 Å². The molecule has 4 rings (SSSR count). The largest absolute Gasteiger partial charge is 0.337 e. The van der Waals surface area contributed by atoms with Crippen molar-refractivity contribution in [1.29, 1.82) is 0 Å². The highest BCUT2D eigenvalue weighted by molar-refractivity contribution is 5.79. The number of hydrogen-bond donors (Lipinski definition) is 1. The molecule has 0 radical (unpaired) electrons. The zero-order valence-electron chi connectivity index (χ0n) is 16.7. The molecule has 1 fully saturated rings. The SMILES string of the molecule is O=C([C@H]1CCc2ccccc2C1)N(CC[NH+]1CCCC1)C[C@@H]1CC=CCC1. The molecule has 0 spiro atoms. The number of allylic oxidation sites excluding steroid dienone is 2. The number of aryl methyl sites for hydroxylation is 1. The number of hydrogen-bond acceptors (Lipinski definition) is 1. The summed E-state index contributed by atoms with van der Waals surface area (Å²) in [6, 6.07) is 8.70. The number of likely N-dealkylation sites (tertiary alicyclic amines) is 1. The van der Waals surface area contributed by atoms with Crippen LogP contribution in [0.4, 0.5) is 0 Å². The molecule has 0 bridgehead atoms. The van der Waals surface area contributed by atoms with E-state index < -0.39 is 0 Å². The average Bonchev–Trinajstić information content (AvgIpc) is 3.24. The first-order valence-corrected chi connectivity index (χ1v) is 11.1. The average molecular weight is 368 g/mol. The lowest BCUT2D eigenvalue weighted by Gasteiger charge is -2.33. The number of amides is 1. The van der Waals surface area contributed by atoms with Crippen molar-refractivity contribution in [2.75, 3.05) is 32.7 Å². The molecule has 146 valence electrons. The number of benzene rings is 1. The summed E-state index contributed by atoms with van der Waals surface area (Å²) < 4.78 is 0. The van der Waals surface area contributed by atoms with Crippen molar-refractivity contribution in [3.8, 4) is 0 Å². The van der Waals surface area contributed by atoms with E-state index in [1.54, 1.807) is 4.90 Å². The summed E-state index contributed by atoms with van der Waals surface area (Å²) in [6.45, 7) is 5.65. The first-order chi connectivity index (χ1) is 13.3. The van der Waals surface area contributed by atoms with Crippen molar-refractivity contribution < 1.29 is 9.69 Å². The van der Waals surface area contributed by atoms with Gasteiger partial charge in [-0.2, -0.15) is 0 Å². The zero-order chi connectivity index (χ0) is 18.5. The van der Waals surface area contributed by atoms with Crippen molar-refractivity contribution in [1.82, 2.24) is 4.90 Å². The van der Waals surface area contributed by atoms with Crippen LogP contribution in [0.1, 0.15) is 49.7 Å². The Morgan fingerprint density at radius 1 is 1.07 bits per heavy atom. The molecule has 1 aromatic carbocycles. The summed E-state index contributed by atoms with van der Waals surface area (Å²) in [5, 5.41) is 0. The van der Waals surface area contributed by atoms with Gasteiger partial charge in [0.25, 0.3) is 0 Å². The van der Waals surface area contributed by atoms with Crippen LogP contribution < -0.4 is 4.90 Å². The lowest BCUT2D eigenvalue weighted by Crippen LogP contribution is -3.10. The van der Waals surface area contributed by atoms with Crippen LogP contribution in [0.2, 0.25) is 0 Å². The first kappa shape index (κ1) is 18.7. The van der Waals surface area contributed by atoms with Gasteiger partial charge >= 0.3 is 0 Å². The maximum atomic E-state index is 13.5. The van der Waals surface area contributed by atoms with Gasteiger partial charge in [-0.1, -0.05) is 36.4 Å². The van der Waals surface area contributed by atoms with Crippen LogP contribution in [-0.4, -0.2) is 43.5 Å². The van der Waals surface area contributed by atoms with Crippen LogP contribution in [-0.2, 0) is 17.6 Å². The van der Waals surface area contributed by atoms with Crippen molar-refractivity contribution in [2.45, 2.75) is 51.4 Å². The van der Waals surface area contributed by atoms with Crippen LogP contribution in [0.5, 0.6) is 0 Å². The molecule has 3 nitrogen and oxygen atoms in total. The highest BCUT2D eigenvalue weighted by Crippen LogP contribution is 2.28. The summed E-state index contributed by atoms with van der Waals surface area (Å²) in [7, 11) is 0. The fraction of sp³-hybridized carbons (Fsp3) is 0.625. The van der Waals surface area contributed by atoms with E-state index in [1.165, 1.54) is 49.9 Å². The predicted octanol–water partition coefficient (Wildman–Crippen LogP) is 2.66. The minimum absolute atomic E-state index is 0.188. The Hall–Kier alpha value is -1.61. The maximum absolute atomic E-state index is 13.5. The number of nitrogens with zero attached hydrogens (tertiary/aromatic N) is 1. The van der Waals surface area contributed by atoms with Crippen molar-refractivity contribution in [2.24, 2.45) is 11.8 Å². The fourth-order valence-corrected chi connectivity index (χ4v) is 5.21. The topological polar surface area (TPSA) is 24.8 Å². The molecule has 27 heavy (non-hydrogen) atoms. The minimum Gasteiger partial charge on any atom is -0.337 e. The molecule has 3 aliphatic rings. The molecule has 2 atom stereocenters. The van der Waals surface area contributed by atoms with E-state index in [2.05, 4.69) is 41.3 Å². The zero-order valence-corrected chi connectivity index (χ0v) is 16.7. The van der Waals surface area contributed by atoms with Crippen LogP contribution in [0, 0.1) is 11.8 Å². The molecular weight excluding hydrogens is 332 g/mol. The van der Waals surface area contributed by atoms with E-state index in [1.807, 2.05) is 0 Å². The van der Waals surface area contributed by atoms with Crippen molar-refractivity contribution in [3.63, 3.8) is 0 Å². The third-order valence-corrected chi connectivity index (χ3v) is 6.91. The van der Waals surface area contributed by atoms with Gasteiger partial charge < -0.3 is 9.80 Å². The number of fused-ring (bicyclic) bond motifs is 1. The van der Waals surface area contributed by atoms with Gasteiger partial charge in [0, 0.05) is 25.3 Å². The summed E-state index contributed by atoms with van der Waals surface area (Å²) in [5.74, 6) is 1.27. The van der Waals surface area contributed by atoms with E-state index in [4.69, 9.17) is 0 Å². The molecule has 1 heterocycles. The Kier molecular flexibility index (Phi) is 6.28. The number of carbonyl (C=O) groups is 1. The lowest BCUT2D eigenvalue weighted by molar-refractivity contribution is -0.886. The Bertz CT molecular complexity index is 662. The van der Waals surface area contributed by atoms with Crippen molar-refractivity contribution >= 4 is 5.91 Å². The van der Waals surface area contributed by atoms with E-state index in [0.29, 0.717) is 11.8 Å². The highest BCUT2D eigenvalue weighted by Gasteiger charge is 2.30. The van der Waals surface area contributed by atoms with Crippen LogP contribution in [0.3, 0.4) is 0 Å². The van der Waals surface area contributed by atoms with Crippen molar-refractivity contribution in [3.05, 3.63) is 47.5 Å². The Morgan fingerprint density at radius 3 is 2.67 bits per heavy atom. The van der Waals surface area contributed by atoms with E-state index in [0.717, 1.165) is 45.3 Å².